The van der Waals surface area contributed by atoms with Crippen LogP contribution in [0.15, 0.2) is 0 Å². The van der Waals surface area contributed by atoms with E-state index in [1.54, 1.807) is 0 Å². The fourth-order valence-corrected chi connectivity index (χ4v) is 1.28. The molecule has 2 N–H and O–H groups in total. The SMILES string of the molecule is CCN1CCC[C@@H](N)C1=O. The number of likely N-dealkylation sites (N-methyl/N-ethyl adjacent to an activating group) is 1. The van der Waals surface area contributed by atoms with Crippen LogP contribution >= 0.6 is 0 Å². The molecule has 3 heteroatoms. The smallest absolute Gasteiger partial charge is 0.239 e. The molecule has 0 radical (unpaired) electrons. The molecule has 1 fully saturated rings. The summed E-state index contributed by atoms with van der Waals surface area (Å²) >= 11 is 0. The molecule has 1 rings (SSSR count). The van der Waals surface area contributed by atoms with Gasteiger partial charge in [-0.15, -0.1) is 0 Å². The molecule has 58 valence electrons. The Kier molecular flexibility index (Phi) is 2.27. The molecule has 0 saturated carbocycles. The number of nitrogens with zero attached hydrogens (tertiary/aromatic N) is 1. The lowest BCUT2D eigenvalue weighted by Crippen LogP contribution is -2.48. The molecular weight excluding hydrogens is 128 g/mol. The highest BCUT2D eigenvalue weighted by Crippen LogP contribution is 2.08. The first-order chi connectivity index (χ1) is 4.75. The van der Waals surface area contributed by atoms with Crippen LogP contribution in [0.1, 0.15) is 19.8 Å². The van der Waals surface area contributed by atoms with Gasteiger partial charge in [-0.05, 0) is 19.8 Å². The Labute approximate surface area is 61.2 Å². The Morgan fingerprint density at radius 1 is 1.80 bits per heavy atom. The Bertz CT molecular complexity index is 136. The van der Waals surface area contributed by atoms with E-state index in [1.807, 2.05) is 11.8 Å². The highest BCUT2D eigenvalue weighted by Gasteiger charge is 2.23. The summed E-state index contributed by atoms with van der Waals surface area (Å²) in [7, 11) is 0. The zero-order valence-corrected chi connectivity index (χ0v) is 6.34. The Morgan fingerprint density at radius 2 is 2.50 bits per heavy atom. The molecule has 0 aromatic rings. The van der Waals surface area contributed by atoms with Crippen molar-refractivity contribution in [3.63, 3.8) is 0 Å². The number of hydrogen-bond acceptors (Lipinski definition) is 2. The number of carbonyl (C=O) groups is 1. The van der Waals surface area contributed by atoms with E-state index >= 15 is 0 Å². The van der Waals surface area contributed by atoms with Crippen LogP contribution in [0.2, 0.25) is 0 Å². The van der Waals surface area contributed by atoms with Gasteiger partial charge in [0.25, 0.3) is 0 Å². The summed E-state index contributed by atoms with van der Waals surface area (Å²) in [6.07, 6.45) is 1.91. The molecule has 0 spiro atoms. The molecule has 0 unspecified atom stereocenters. The first kappa shape index (κ1) is 7.54. The lowest BCUT2D eigenvalue weighted by Gasteiger charge is -2.29. The van der Waals surface area contributed by atoms with Gasteiger partial charge in [-0.3, -0.25) is 4.79 Å². The number of carbonyl (C=O) groups excluding carboxylic acids is 1. The van der Waals surface area contributed by atoms with Gasteiger partial charge < -0.3 is 10.6 Å². The predicted octanol–water partition coefficient (Wildman–Crippen LogP) is -0.0440. The van der Waals surface area contributed by atoms with Crippen molar-refractivity contribution < 1.29 is 4.79 Å². The van der Waals surface area contributed by atoms with Crippen molar-refractivity contribution in [1.29, 1.82) is 0 Å². The number of rotatable bonds is 1. The summed E-state index contributed by atoms with van der Waals surface area (Å²) in [6.45, 7) is 3.67. The summed E-state index contributed by atoms with van der Waals surface area (Å²) in [5.41, 5.74) is 5.55. The zero-order chi connectivity index (χ0) is 7.56. The van der Waals surface area contributed by atoms with Crippen LogP contribution in [0.25, 0.3) is 0 Å². The van der Waals surface area contributed by atoms with E-state index in [2.05, 4.69) is 0 Å². The van der Waals surface area contributed by atoms with Crippen LogP contribution in [0.5, 0.6) is 0 Å². The van der Waals surface area contributed by atoms with Crippen molar-refractivity contribution in [2.45, 2.75) is 25.8 Å². The maximum Gasteiger partial charge on any atom is 0.239 e. The summed E-state index contributed by atoms with van der Waals surface area (Å²) in [6, 6.07) is -0.228. The second-order valence-electron chi connectivity index (χ2n) is 2.67. The van der Waals surface area contributed by atoms with Crippen LogP contribution < -0.4 is 5.73 Å². The van der Waals surface area contributed by atoms with Crippen LogP contribution in [-0.2, 0) is 4.79 Å². The monoisotopic (exact) mass is 142 g/mol. The molecule has 10 heavy (non-hydrogen) atoms. The van der Waals surface area contributed by atoms with Gasteiger partial charge in [0, 0.05) is 13.1 Å². The van der Waals surface area contributed by atoms with Gasteiger partial charge in [0.15, 0.2) is 0 Å². The molecule has 1 amide bonds. The molecule has 0 aliphatic carbocycles. The zero-order valence-electron chi connectivity index (χ0n) is 6.34. The van der Waals surface area contributed by atoms with E-state index in [9.17, 15) is 4.79 Å². The van der Waals surface area contributed by atoms with Crippen LogP contribution in [0.3, 0.4) is 0 Å². The summed E-state index contributed by atoms with van der Waals surface area (Å²) in [5, 5.41) is 0. The van der Waals surface area contributed by atoms with Crippen LogP contribution in [0.4, 0.5) is 0 Å². The average molecular weight is 142 g/mol. The maximum absolute atomic E-state index is 11.2. The molecule has 1 saturated heterocycles. The number of nitrogens with two attached hydrogens (primary N) is 1. The van der Waals surface area contributed by atoms with E-state index in [1.165, 1.54) is 0 Å². The van der Waals surface area contributed by atoms with E-state index in [-0.39, 0.29) is 11.9 Å². The molecule has 0 aromatic heterocycles. The van der Waals surface area contributed by atoms with E-state index < -0.39 is 0 Å². The lowest BCUT2D eigenvalue weighted by molar-refractivity contribution is -0.134. The third kappa shape index (κ3) is 1.29. The second-order valence-corrected chi connectivity index (χ2v) is 2.67. The third-order valence-corrected chi connectivity index (χ3v) is 1.95. The summed E-state index contributed by atoms with van der Waals surface area (Å²) in [4.78, 5) is 13.0. The summed E-state index contributed by atoms with van der Waals surface area (Å²) < 4.78 is 0. The van der Waals surface area contributed by atoms with E-state index in [0.29, 0.717) is 0 Å². The van der Waals surface area contributed by atoms with Crippen molar-refractivity contribution in [2.24, 2.45) is 5.73 Å². The first-order valence-electron chi connectivity index (χ1n) is 3.80. The van der Waals surface area contributed by atoms with Crippen molar-refractivity contribution in [1.82, 2.24) is 4.90 Å². The third-order valence-electron chi connectivity index (χ3n) is 1.95. The number of piperidine rings is 1. The molecule has 3 nitrogen and oxygen atoms in total. The summed E-state index contributed by atoms with van der Waals surface area (Å²) in [5.74, 6) is 0.119. The van der Waals surface area contributed by atoms with Crippen molar-refractivity contribution in [3.8, 4) is 0 Å². The van der Waals surface area contributed by atoms with E-state index in [4.69, 9.17) is 5.73 Å². The van der Waals surface area contributed by atoms with Gasteiger partial charge in [0.2, 0.25) is 5.91 Å². The molecule has 1 aliphatic rings. The highest BCUT2D eigenvalue weighted by molar-refractivity contribution is 5.82. The normalized spacial score (nSPS) is 27.2. The van der Waals surface area contributed by atoms with Crippen LogP contribution in [0, 0.1) is 0 Å². The Morgan fingerprint density at radius 3 is 3.00 bits per heavy atom. The largest absolute Gasteiger partial charge is 0.342 e. The molecule has 1 atom stereocenters. The number of amides is 1. The van der Waals surface area contributed by atoms with E-state index in [0.717, 1.165) is 25.9 Å². The van der Waals surface area contributed by atoms with Gasteiger partial charge in [-0.1, -0.05) is 0 Å². The topological polar surface area (TPSA) is 46.3 Å². The first-order valence-corrected chi connectivity index (χ1v) is 3.80. The molecule has 1 heterocycles. The molecule has 0 aromatic carbocycles. The van der Waals surface area contributed by atoms with Gasteiger partial charge in [0.1, 0.15) is 0 Å². The number of hydrogen-bond donors (Lipinski definition) is 1. The number of likely N-dealkylation sites (tertiary alicyclic amines) is 1. The fourth-order valence-electron chi connectivity index (χ4n) is 1.28. The van der Waals surface area contributed by atoms with Gasteiger partial charge >= 0.3 is 0 Å². The van der Waals surface area contributed by atoms with Crippen molar-refractivity contribution in [3.05, 3.63) is 0 Å². The fraction of sp³-hybridized carbons (Fsp3) is 0.857. The minimum Gasteiger partial charge on any atom is -0.342 e. The molecular formula is C7H14N2O. The predicted molar refractivity (Wildman–Crippen MR) is 39.5 cm³/mol. The minimum absolute atomic E-state index is 0.119. The lowest BCUT2D eigenvalue weighted by atomic mass is 10.1. The molecule has 1 aliphatic heterocycles. The van der Waals surface area contributed by atoms with Gasteiger partial charge in [0.05, 0.1) is 6.04 Å². The van der Waals surface area contributed by atoms with Gasteiger partial charge in [-0.25, -0.2) is 0 Å². The Balaban J connectivity index is 2.51. The second kappa shape index (κ2) is 3.01. The average Bonchev–Trinajstić information content (AvgIpc) is 1.95. The van der Waals surface area contributed by atoms with Gasteiger partial charge in [-0.2, -0.15) is 0 Å². The standard InChI is InChI=1S/C7H14N2O/c1-2-9-5-3-4-6(8)7(9)10/h6H,2-5,8H2,1H3/t6-/m1/s1. The highest BCUT2D eigenvalue weighted by atomic mass is 16.2. The molecule has 0 bridgehead atoms. The van der Waals surface area contributed by atoms with Crippen LogP contribution in [-0.4, -0.2) is 29.9 Å². The quantitative estimate of drug-likeness (QED) is 0.558. The van der Waals surface area contributed by atoms with Crippen molar-refractivity contribution in [2.75, 3.05) is 13.1 Å². The maximum atomic E-state index is 11.2. The Hall–Kier alpha value is -0.570. The van der Waals surface area contributed by atoms with Crippen molar-refractivity contribution >= 4 is 5.91 Å². The minimum atomic E-state index is -0.228.